The van der Waals surface area contributed by atoms with Crippen LogP contribution in [0.4, 0.5) is 0 Å². The van der Waals surface area contributed by atoms with Crippen molar-refractivity contribution in [3.8, 4) is 0 Å². The molecule has 2 aliphatic rings. The fraction of sp³-hybridized carbons (Fsp3) is 0.800. The van der Waals surface area contributed by atoms with Crippen LogP contribution in [0.3, 0.4) is 0 Å². The Bertz CT molecular complexity index is 546. The lowest BCUT2D eigenvalue weighted by molar-refractivity contribution is -0.139. The number of nitrogens with zero attached hydrogens (tertiary/aromatic N) is 3. The molecule has 6 nitrogen and oxygen atoms in total. The standard InChI is InChI=1S/C20H33N3O3/c1-2-3-10-23-13-9-21-20(23)17-7-11-22(12-8-17)19(24)16-25-15-18-6-4-5-14-26-18/h9,13,17-18H,2-8,10-12,14-16H2,1H3/t18-/m0/s1. The van der Waals surface area contributed by atoms with Crippen molar-refractivity contribution in [2.24, 2.45) is 0 Å². The van der Waals surface area contributed by atoms with E-state index >= 15 is 0 Å². The molecule has 1 aromatic rings. The molecule has 0 saturated carbocycles. The van der Waals surface area contributed by atoms with Gasteiger partial charge in [0.1, 0.15) is 12.4 Å². The maximum atomic E-state index is 12.4. The number of imidazole rings is 1. The minimum Gasteiger partial charge on any atom is -0.376 e. The summed E-state index contributed by atoms with van der Waals surface area (Å²) >= 11 is 0. The Morgan fingerprint density at radius 3 is 2.88 bits per heavy atom. The van der Waals surface area contributed by atoms with Gasteiger partial charge in [-0.15, -0.1) is 0 Å². The largest absolute Gasteiger partial charge is 0.376 e. The first-order valence-electron chi connectivity index (χ1n) is 10.3. The lowest BCUT2D eigenvalue weighted by Gasteiger charge is -2.32. The third kappa shape index (κ3) is 5.30. The molecule has 0 N–H and O–H groups in total. The second-order valence-corrected chi connectivity index (χ2v) is 7.49. The van der Waals surface area contributed by atoms with E-state index in [2.05, 4.69) is 22.7 Å². The first kappa shape index (κ1) is 19.4. The van der Waals surface area contributed by atoms with Gasteiger partial charge in [-0.2, -0.15) is 0 Å². The summed E-state index contributed by atoms with van der Waals surface area (Å²) in [5, 5.41) is 0. The zero-order valence-corrected chi connectivity index (χ0v) is 16.1. The quantitative estimate of drug-likeness (QED) is 0.712. The number of carbonyl (C=O) groups excluding carboxylic acids is 1. The predicted octanol–water partition coefficient (Wildman–Crippen LogP) is 2.97. The molecule has 0 aliphatic carbocycles. The van der Waals surface area contributed by atoms with Crippen LogP contribution in [0, 0.1) is 0 Å². The van der Waals surface area contributed by atoms with Gasteiger partial charge in [0.2, 0.25) is 5.91 Å². The molecule has 26 heavy (non-hydrogen) atoms. The molecule has 0 radical (unpaired) electrons. The number of piperidine rings is 1. The molecule has 3 heterocycles. The van der Waals surface area contributed by atoms with Gasteiger partial charge < -0.3 is 18.9 Å². The Kier molecular flexibility index (Phi) is 7.50. The van der Waals surface area contributed by atoms with E-state index in [9.17, 15) is 4.79 Å². The van der Waals surface area contributed by atoms with Gasteiger partial charge in [-0.25, -0.2) is 4.98 Å². The molecular weight excluding hydrogens is 330 g/mol. The van der Waals surface area contributed by atoms with Crippen molar-refractivity contribution in [3.05, 3.63) is 18.2 Å². The Morgan fingerprint density at radius 2 is 2.15 bits per heavy atom. The van der Waals surface area contributed by atoms with E-state index in [0.717, 1.165) is 51.9 Å². The van der Waals surface area contributed by atoms with Gasteiger partial charge in [0.25, 0.3) is 0 Å². The molecule has 0 bridgehead atoms. The molecule has 2 aliphatic heterocycles. The second-order valence-electron chi connectivity index (χ2n) is 7.49. The van der Waals surface area contributed by atoms with Crippen LogP contribution in [0.1, 0.15) is 63.6 Å². The number of aromatic nitrogens is 2. The summed E-state index contributed by atoms with van der Waals surface area (Å²) in [7, 11) is 0. The summed E-state index contributed by atoms with van der Waals surface area (Å²) in [6.07, 6.45) is 11.9. The predicted molar refractivity (Wildman–Crippen MR) is 100 cm³/mol. The van der Waals surface area contributed by atoms with E-state index in [0.29, 0.717) is 12.5 Å². The summed E-state index contributed by atoms with van der Waals surface area (Å²) in [5.74, 6) is 1.76. The fourth-order valence-corrected chi connectivity index (χ4v) is 3.89. The highest BCUT2D eigenvalue weighted by atomic mass is 16.5. The van der Waals surface area contributed by atoms with Gasteiger partial charge in [-0.3, -0.25) is 4.79 Å². The smallest absolute Gasteiger partial charge is 0.248 e. The number of aryl methyl sites for hydroxylation is 1. The van der Waals surface area contributed by atoms with Crippen molar-refractivity contribution in [1.82, 2.24) is 14.5 Å². The fourth-order valence-electron chi connectivity index (χ4n) is 3.89. The molecule has 1 atom stereocenters. The maximum absolute atomic E-state index is 12.4. The highest BCUT2D eigenvalue weighted by molar-refractivity contribution is 5.77. The van der Waals surface area contributed by atoms with Crippen LogP contribution in [-0.2, 0) is 20.8 Å². The number of likely N-dealkylation sites (tertiary alicyclic amines) is 1. The van der Waals surface area contributed by atoms with Crippen LogP contribution in [-0.4, -0.2) is 59.4 Å². The van der Waals surface area contributed by atoms with Gasteiger partial charge in [-0.05, 0) is 38.5 Å². The summed E-state index contributed by atoms with van der Waals surface area (Å²) in [6.45, 7) is 6.39. The minimum atomic E-state index is 0.105. The van der Waals surface area contributed by atoms with E-state index in [1.54, 1.807) is 0 Å². The molecule has 146 valence electrons. The zero-order chi connectivity index (χ0) is 18.2. The van der Waals surface area contributed by atoms with Gasteiger partial charge in [0.05, 0.1) is 12.7 Å². The van der Waals surface area contributed by atoms with Crippen LogP contribution in [0.5, 0.6) is 0 Å². The summed E-state index contributed by atoms with van der Waals surface area (Å²) in [4.78, 5) is 18.9. The topological polar surface area (TPSA) is 56.6 Å². The number of ether oxygens (including phenoxy) is 2. The highest BCUT2D eigenvalue weighted by Crippen LogP contribution is 2.27. The minimum absolute atomic E-state index is 0.105. The molecule has 0 unspecified atom stereocenters. The maximum Gasteiger partial charge on any atom is 0.248 e. The first-order chi connectivity index (χ1) is 12.8. The Labute approximate surface area is 156 Å². The van der Waals surface area contributed by atoms with Crippen molar-refractivity contribution in [2.75, 3.05) is 32.9 Å². The number of amides is 1. The second kappa shape index (κ2) is 10.1. The number of hydrogen-bond acceptors (Lipinski definition) is 4. The van der Waals surface area contributed by atoms with Crippen molar-refractivity contribution >= 4 is 5.91 Å². The van der Waals surface area contributed by atoms with Gasteiger partial charge in [-0.1, -0.05) is 13.3 Å². The van der Waals surface area contributed by atoms with Crippen molar-refractivity contribution in [1.29, 1.82) is 0 Å². The molecule has 3 rings (SSSR count). The molecule has 0 spiro atoms. The lowest BCUT2D eigenvalue weighted by atomic mass is 9.96. The molecular formula is C20H33N3O3. The van der Waals surface area contributed by atoms with Crippen molar-refractivity contribution in [3.63, 3.8) is 0 Å². The lowest BCUT2D eigenvalue weighted by Crippen LogP contribution is -2.40. The van der Waals surface area contributed by atoms with E-state index in [1.165, 1.54) is 25.1 Å². The zero-order valence-electron chi connectivity index (χ0n) is 16.1. The van der Waals surface area contributed by atoms with Crippen molar-refractivity contribution < 1.29 is 14.3 Å². The summed E-state index contributed by atoms with van der Waals surface area (Å²) in [6, 6.07) is 0. The monoisotopic (exact) mass is 363 g/mol. The van der Waals surface area contributed by atoms with Crippen LogP contribution < -0.4 is 0 Å². The van der Waals surface area contributed by atoms with Gasteiger partial charge >= 0.3 is 0 Å². The average molecular weight is 364 g/mol. The van der Waals surface area contributed by atoms with E-state index in [4.69, 9.17) is 9.47 Å². The molecule has 6 heteroatoms. The summed E-state index contributed by atoms with van der Waals surface area (Å²) in [5.41, 5.74) is 0. The van der Waals surface area contributed by atoms with Crippen LogP contribution in [0.2, 0.25) is 0 Å². The third-order valence-electron chi connectivity index (χ3n) is 5.52. The van der Waals surface area contributed by atoms with E-state index in [1.807, 2.05) is 11.1 Å². The normalized spacial score (nSPS) is 21.9. The molecule has 0 aromatic carbocycles. The third-order valence-corrected chi connectivity index (χ3v) is 5.52. The Balaban J connectivity index is 1.39. The van der Waals surface area contributed by atoms with Crippen LogP contribution in [0.25, 0.3) is 0 Å². The number of carbonyl (C=O) groups is 1. The molecule has 2 fully saturated rings. The molecule has 1 amide bonds. The molecule has 1 aromatic heterocycles. The highest BCUT2D eigenvalue weighted by Gasteiger charge is 2.26. The average Bonchev–Trinajstić information content (AvgIpc) is 3.16. The van der Waals surface area contributed by atoms with Gasteiger partial charge in [0.15, 0.2) is 0 Å². The number of hydrogen-bond donors (Lipinski definition) is 0. The van der Waals surface area contributed by atoms with E-state index in [-0.39, 0.29) is 18.6 Å². The molecule has 2 saturated heterocycles. The Hall–Kier alpha value is -1.40. The summed E-state index contributed by atoms with van der Waals surface area (Å²) < 4.78 is 13.5. The Morgan fingerprint density at radius 1 is 1.31 bits per heavy atom. The van der Waals surface area contributed by atoms with E-state index < -0.39 is 0 Å². The van der Waals surface area contributed by atoms with Crippen LogP contribution >= 0.6 is 0 Å². The number of rotatable bonds is 8. The number of unbranched alkanes of at least 4 members (excludes halogenated alkanes) is 1. The van der Waals surface area contributed by atoms with Crippen molar-refractivity contribution in [2.45, 2.75) is 70.4 Å². The first-order valence-corrected chi connectivity index (χ1v) is 10.3. The van der Waals surface area contributed by atoms with Gasteiger partial charge in [0, 0.05) is 44.6 Å². The SMILES string of the molecule is CCCCn1ccnc1C1CCN(C(=O)COC[C@@H]2CCCCO2)CC1. The van der Waals surface area contributed by atoms with Crippen LogP contribution in [0.15, 0.2) is 12.4 Å².